The first-order valence-electron chi connectivity index (χ1n) is 8.11. The van der Waals surface area contributed by atoms with Gasteiger partial charge in [-0.05, 0) is 36.4 Å². The summed E-state index contributed by atoms with van der Waals surface area (Å²) in [6.07, 6.45) is 2.54. The van der Waals surface area contributed by atoms with Crippen LogP contribution in [-0.4, -0.2) is 31.8 Å². The van der Waals surface area contributed by atoms with Crippen LogP contribution in [0.2, 0.25) is 5.02 Å². The Labute approximate surface area is 168 Å². The maximum absolute atomic E-state index is 11.6. The zero-order valence-corrected chi connectivity index (χ0v) is 16.7. The van der Waals surface area contributed by atoms with Gasteiger partial charge in [0.25, 0.3) is 0 Å². The van der Waals surface area contributed by atoms with Crippen molar-refractivity contribution in [1.82, 2.24) is 9.97 Å². The van der Waals surface area contributed by atoms with Gasteiger partial charge in [0.05, 0.1) is 30.9 Å². The van der Waals surface area contributed by atoms with Gasteiger partial charge in [-0.25, -0.2) is 13.4 Å². The predicted molar refractivity (Wildman–Crippen MR) is 112 cm³/mol. The van der Waals surface area contributed by atoms with Crippen molar-refractivity contribution >= 4 is 50.5 Å². The minimum atomic E-state index is -3.44. The number of methoxy groups -OCH3 is 1. The number of rotatable bonds is 7. The molecule has 0 aliphatic carbocycles. The summed E-state index contributed by atoms with van der Waals surface area (Å²) in [6, 6.07) is 14.1. The molecule has 0 aliphatic heterocycles. The van der Waals surface area contributed by atoms with Gasteiger partial charge in [0.15, 0.2) is 5.82 Å². The predicted octanol–water partition coefficient (Wildman–Crippen LogP) is 4.00. The van der Waals surface area contributed by atoms with E-state index >= 15 is 0 Å². The number of anilines is 5. The van der Waals surface area contributed by atoms with E-state index in [2.05, 4.69) is 25.3 Å². The summed E-state index contributed by atoms with van der Waals surface area (Å²) in [4.78, 5) is 8.53. The Morgan fingerprint density at radius 1 is 1.00 bits per heavy atom. The topological polar surface area (TPSA) is 105 Å². The van der Waals surface area contributed by atoms with Gasteiger partial charge in [0, 0.05) is 5.69 Å². The van der Waals surface area contributed by atoms with Gasteiger partial charge >= 0.3 is 0 Å². The third kappa shape index (κ3) is 5.24. The number of aromatic nitrogens is 2. The number of hydrogen-bond acceptors (Lipinski definition) is 7. The monoisotopic (exact) mass is 419 g/mol. The van der Waals surface area contributed by atoms with Crippen LogP contribution < -0.4 is 20.1 Å². The van der Waals surface area contributed by atoms with Crippen molar-refractivity contribution in [1.29, 1.82) is 0 Å². The Morgan fingerprint density at radius 2 is 1.68 bits per heavy atom. The molecule has 1 aromatic heterocycles. The zero-order chi connectivity index (χ0) is 20.1. The largest absolute Gasteiger partial charge is 0.497 e. The second kappa shape index (κ2) is 8.32. The molecule has 0 fully saturated rings. The number of sulfonamides is 1. The Kier molecular flexibility index (Phi) is 5.86. The van der Waals surface area contributed by atoms with Gasteiger partial charge in [0.2, 0.25) is 16.0 Å². The minimum Gasteiger partial charge on any atom is -0.497 e. The summed E-state index contributed by atoms with van der Waals surface area (Å²) < 4.78 is 30.7. The lowest BCUT2D eigenvalue weighted by Gasteiger charge is -2.14. The molecule has 0 aliphatic rings. The summed E-state index contributed by atoms with van der Waals surface area (Å²) in [5.74, 6) is 1.39. The van der Waals surface area contributed by atoms with Gasteiger partial charge in [-0.3, -0.25) is 4.72 Å². The highest BCUT2D eigenvalue weighted by atomic mass is 35.5. The van der Waals surface area contributed by atoms with Crippen molar-refractivity contribution in [2.45, 2.75) is 0 Å². The molecule has 10 heteroatoms. The summed E-state index contributed by atoms with van der Waals surface area (Å²) in [5.41, 5.74) is 1.65. The normalized spacial score (nSPS) is 11.0. The molecule has 3 aromatic rings. The van der Waals surface area contributed by atoms with E-state index in [0.717, 1.165) is 17.7 Å². The van der Waals surface area contributed by atoms with Crippen LogP contribution in [0.1, 0.15) is 0 Å². The highest BCUT2D eigenvalue weighted by Gasteiger charge is 2.11. The van der Waals surface area contributed by atoms with Crippen molar-refractivity contribution in [2.75, 3.05) is 28.7 Å². The summed E-state index contributed by atoms with van der Waals surface area (Å²) in [7, 11) is -1.84. The number of nitrogens with zero attached hydrogens (tertiary/aromatic N) is 2. The van der Waals surface area contributed by atoms with Crippen LogP contribution in [0, 0.1) is 0 Å². The Bertz CT molecular complexity index is 1070. The highest BCUT2D eigenvalue weighted by molar-refractivity contribution is 7.92. The number of nitrogens with one attached hydrogen (secondary N) is 3. The van der Waals surface area contributed by atoms with Gasteiger partial charge in [0.1, 0.15) is 10.8 Å². The quantitative estimate of drug-likeness (QED) is 0.531. The fourth-order valence-electron chi connectivity index (χ4n) is 2.33. The lowest BCUT2D eigenvalue weighted by Crippen LogP contribution is -2.11. The summed E-state index contributed by atoms with van der Waals surface area (Å²) >= 11 is 6.20. The molecule has 0 spiro atoms. The smallest absolute Gasteiger partial charge is 0.229 e. The third-order valence-corrected chi connectivity index (χ3v) is 4.43. The van der Waals surface area contributed by atoms with E-state index in [1.807, 2.05) is 24.3 Å². The van der Waals surface area contributed by atoms with E-state index < -0.39 is 10.0 Å². The first-order chi connectivity index (χ1) is 13.3. The maximum Gasteiger partial charge on any atom is 0.229 e. The molecular formula is C18H18ClN5O3S. The first-order valence-corrected chi connectivity index (χ1v) is 10.4. The van der Waals surface area contributed by atoms with E-state index in [-0.39, 0.29) is 5.02 Å². The fraction of sp³-hybridized carbons (Fsp3) is 0.111. The number of halogens is 1. The average Bonchev–Trinajstić information content (AvgIpc) is 2.65. The zero-order valence-electron chi connectivity index (χ0n) is 15.1. The third-order valence-electron chi connectivity index (χ3n) is 3.57. The average molecular weight is 420 g/mol. The Morgan fingerprint density at radius 3 is 2.32 bits per heavy atom. The van der Waals surface area contributed by atoms with Gasteiger partial charge in [-0.2, -0.15) is 4.98 Å². The lowest BCUT2D eigenvalue weighted by atomic mass is 10.2. The van der Waals surface area contributed by atoms with Gasteiger partial charge in [-0.1, -0.05) is 23.7 Å². The van der Waals surface area contributed by atoms with Crippen molar-refractivity contribution in [3.8, 4) is 5.75 Å². The molecule has 2 aromatic carbocycles. The van der Waals surface area contributed by atoms with Crippen LogP contribution in [-0.2, 0) is 10.0 Å². The molecule has 3 rings (SSSR count). The molecule has 3 N–H and O–H groups in total. The number of para-hydroxylation sites is 2. The van der Waals surface area contributed by atoms with Gasteiger partial charge < -0.3 is 15.4 Å². The summed E-state index contributed by atoms with van der Waals surface area (Å²) in [5, 5.41) is 6.40. The molecule has 1 heterocycles. The first kappa shape index (κ1) is 19.7. The number of benzene rings is 2. The molecule has 0 amide bonds. The summed E-state index contributed by atoms with van der Waals surface area (Å²) in [6.45, 7) is 0. The molecule has 0 saturated carbocycles. The number of ether oxygens (including phenoxy) is 1. The SMILES string of the molecule is COc1ccc(Nc2ncc(Cl)c(Nc3ccccc3NS(C)(=O)=O)n2)cc1. The fourth-order valence-corrected chi connectivity index (χ4v) is 3.04. The van der Waals surface area contributed by atoms with Crippen LogP contribution in [0.3, 0.4) is 0 Å². The highest BCUT2D eigenvalue weighted by Crippen LogP contribution is 2.29. The van der Waals surface area contributed by atoms with E-state index in [4.69, 9.17) is 16.3 Å². The standard InChI is InChI=1S/C18H18ClN5O3S/c1-27-13-9-7-12(8-10-13)21-18-20-11-14(19)17(23-18)22-15-5-3-4-6-16(15)24-28(2,25)26/h3-11,24H,1-2H3,(H2,20,21,22,23). The molecule has 0 atom stereocenters. The molecule has 28 heavy (non-hydrogen) atoms. The van der Waals surface area contributed by atoms with Crippen molar-refractivity contribution < 1.29 is 13.2 Å². The van der Waals surface area contributed by atoms with Crippen molar-refractivity contribution in [3.05, 3.63) is 59.8 Å². The van der Waals surface area contributed by atoms with Crippen LogP contribution in [0.25, 0.3) is 0 Å². The Hall–Kier alpha value is -3.04. The second-order valence-corrected chi connectivity index (χ2v) is 7.94. The molecule has 0 saturated heterocycles. The molecular weight excluding hydrogens is 402 g/mol. The van der Waals surface area contributed by atoms with Crippen LogP contribution in [0.15, 0.2) is 54.7 Å². The van der Waals surface area contributed by atoms with Crippen LogP contribution >= 0.6 is 11.6 Å². The molecule has 146 valence electrons. The molecule has 0 unspecified atom stereocenters. The maximum atomic E-state index is 11.6. The second-order valence-electron chi connectivity index (χ2n) is 5.79. The molecule has 0 bridgehead atoms. The van der Waals surface area contributed by atoms with Crippen molar-refractivity contribution in [3.63, 3.8) is 0 Å². The molecule has 8 nitrogen and oxygen atoms in total. The van der Waals surface area contributed by atoms with E-state index in [1.54, 1.807) is 31.4 Å². The lowest BCUT2D eigenvalue weighted by molar-refractivity contribution is 0.415. The van der Waals surface area contributed by atoms with Crippen molar-refractivity contribution in [2.24, 2.45) is 0 Å². The van der Waals surface area contributed by atoms with Crippen LogP contribution in [0.5, 0.6) is 5.75 Å². The van der Waals surface area contributed by atoms with E-state index in [0.29, 0.717) is 23.1 Å². The van der Waals surface area contributed by atoms with E-state index in [1.165, 1.54) is 6.20 Å². The number of hydrogen-bond donors (Lipinski definition) is 3. The van der Waals surface area contributed by atoms with Crippen LogP contribution in [0.4, 0.5) is 28.8 Å². The van der Waals surface area contributed by atoms with E-state index in [9.17, 15) is 8.42 Å². The Balaban J connectivity index is 1.84. The minimum absolute atomic E-state index is 0.287. The molecule has 0 radical (unpaired) electrons. The van der Waals surface area contributed by atoms with Gasteiger partial charge in [-0.15, -0.1) is 0 Å².